The molecule has 230 valence electrons. The van der Waals surface area contributed by atoms with Gasteiger partial charge in [0.25, 0.3) is 5.91 Å². The second-order valence-electron chi connectivity index (χ2n) is 11.2. The first-order chi connectivity index (χ1) is 21.4. The van der Waals surface area contributed by atoms with E-state index >= 15 is 0 Å². The van der Waals surface area contributed by atoms with E-state index in [1.54, 1.807) is 41.3 Å². The van der Waals surface area contributed by atoms with Gasteiger partial charge in [-0.05, 0) is 61.1 Å². The summed E-state index contributed by atoms with van der Waals surface area (Å²) in [6.45, 7) is 1.06. The number of para-hydroxylation sites is 1. The lowest BCUT2D eigenvalue weighted by molar-refractivity contribution is -0.138. The molecule has 0 unspecified atom stereocenters. The van der Waals surface area contributed by atoms with Gasteiger partial charge in [-0.15, -0.1) is 0 Å². The van der Waals surface area contributed by atoms with Gasteiger partial charge in [0.15, 0.2) is 0 Å². The molecule has 4 amide bonds. The molecule has 2 heterocycles. The van der Waals surface area contributed by atoms with Gasteiger partial charge in [-0.25, -0.2) is 0 Å². The Hall–Kier alpha value is -4.86. The molecule has 0 bridgehead atoms. The Bertz CT molecular complexity index is 1460. The number of nitrogens with zero attached hydrogens (tertiary/aromatic N) is 1. The minimum atomic E-state index is -1.18. The third kappa shape index (κ3) is 7.94. The number of hydrogen-bond acceptors (Lipinski definition) is 6. The van der Waals surface area contributed by atoms with Gasteiger partial charge in [0.1, 0.15) is 30.2 Å². The van der Waals surface area contributed by atoms with Crippen molar-refractivity contribution in [2.24, 2.45) is 0 Å². The van der Waals surface area contributed by atoms with Gasteiger partial charge >= 0.3 is 0 Å². The van der Waals surface area contributed by atoms with E-state index in [0.29, 0.717) is 25.3 Å². The van der Waals surface area contributed by atoms with Crippen molar-refractivity contribution in [2.45, 2.75) is 56.7 Å². The van der Waals surface area contributed by atoms with E-state index in [2.05, 4.69) is 16.0 Å². The van der Waals surface area contributed by atoms with Crippen molar-refractivity contribution < 1.29 is 29.0 Å². The van der Waals surface area contributed by atoms with E-state index < -0.39 is 29.8 Å². The first kappa shape index (κ1) is 30.6. The highest BCUT2D eigenvalue weighted by Gasteiger charge is 2.36. The molecule has 2 aliphatic rings. The quantitative estimate of drug-likeness (QED) is 0.309. The van der Waals surface area contributed by atoms with E-state index in [-0.39, 0.29) is 42.7 Å². The molecular weight excluding hydrogens is 560 g/mol. The lowest BCUT2D eigenvalue weighted by Gasteiger charge is -2.30. The first-order valence-corrected chi connectivity index (χ1v) is 15.1. The second kappa shape index (κ2) is 14.5. The van der Waals surface area contributed by atoms with E-state index in [1.165, 1.54) is 12.1 Å². The number of nitrogens with one attached hydrogen (secondary N) is 3. The van der Waals surface area contributed by atoms with Crippen LogP contribution in [0, 0.1) is 0 Å². The molecule has 0 saturated carbocycles. The number of rotatable bonds is 7. The van der Waals surface area contributed by atoms with Crippen molar-refractivity contribution in [3.63, 3.8) is 0 Å². The van der Waals surface area contributed by atoms with Crippen molar-refractivity contribution in [1.29, 1.82) is 0 Å². The predicted molar refractivity (Wildman–Crippen MR) is 164 cm³/mol. The van der Waals surface area contributed by atoms with Gasteiger partial charge < -0.3 is 30.7 Å². The summed E-state index contributed by atoms with van der Waals surface area (Å²) in [5, 5.41) is 18.1. The number of benzene rings is 3. The lowest BCUT2D eigenvalue weighted by atomic mass is 10.0. The van der Waals surface area contributed by atoms with Crippen molar-refractivity contribution in [3.05, 3.63) is 95.6 Å². The number of phenols is 1. The average Bonchev–Trinajstić information content (AvgIpc) is 3.51. The summed E-state index contributed by atoms with van der Waals surface area (Å²) >= 11 is 0. The van der Waals surface area contributed by atoms with Crippen LogP contribution in [0.4, 0.5) is 0 Å². The third-order valence-corrected chi connectivity index (χ3v) is 8.03. The Balaban J connectivity index is 1.37. The highest BCUT2D eigenvalue weighted by molar-refractivity contribution is 6.01. The van der Waals surface area contributed by atoms with E-state index in [0.717, 1.165) is 30.4 Å². The van der Waals surface area contributed by atoms with Crippen LogP contribution in [-0.4, -0.2) is 71.5 Å². The standard InChI is InChI=1S/C34H38N4O6/c39-26-16-14-24(15-17-26)20-29-34(43)38-19-7-11-25(38)22-44-30-13-5-4-12-27(30)32(41)37-28(21-31(40)36-29)33(42)35-18-6-10-23-8-2-1-3-9-23/h1-5,8-9,12-17,25,28-29,39H,6-7,10-11,18-22H2,(H,35,42)(H,36,40)(H,37,41)/t25-,28+,29+/m1/s1. The van der Waals surface area contributed by atoms with Crippen LogP contribution in [0.25, 0.3) is 0 Å². The van der Waals surface area contributed by atoms with Crippen LogP contribution in [-0.2, 0) is 27.2 Å². The van der Waals surface area contributed by atoms with Crippen LogP contribution < -0.4 is 20.7 Å². The van der Waals surface area contributed by atoms with E-state index in [4.69, 9.17) is 4.74 Å². The normalized spacial score (nSPS) is 20.8. The molecule has 3 aromatic carbocycles. The van der Waals surface area contributed by atoms with E-state index in [1.807, 2.05) is 30.3 Å². The summed E-state index contributed by atoms with van der Waals surface area (Å²) in [7, 11) is 0. The molecule has 1 saturated heterocycles. The van der Waals surface area contributed by atoms with Crippen molar-refractivity contribution in [1.82, 2.24) is 20.9 Å². The summed E-state index contributed by atoms with van der Waals surface area (Å²) in [6, 6.07) is 20.8. The molecule has 4 N–H and O–H groups in total. The fourth-order valence-corrected chi connectivity index (χ4v) is 5.69. The highest BCUT2D eigenvalue weighted by Crippen LogP contribution is 2.24. The van der Waals surface area contributed by atoms with Crippen LogP contribution in [0.3, 0.4) is 0 Å². The number of fused-ring (bicyclic) bond motifs is 2. The van der Waals surface area contributed by atoms with Crippen molar-refractivity contribution in [3.8, 4) is 11.5 Å². The Kier molecular flexibility index (Phi) is 10.1. The summed E-state index contributed by atoms with van der Waals surface area (Å²) in [6.07, 6.45) is 2.80. The maximum atomic E-state index is 13.9. The molecule has 0 radical (unpaired) electrons. The molecule has 44 heavy (non-hydrogen) atoms. The molecule has 2 aliphatic heterocycles. The number of aryl methyl sites for hydroxylation is 1. The van der Waals surface area contributed by atoms with Gasteiger partial charge in [0.2, 0.25) is 17.7 Å². The second-order valence-corrected chi connectivity index (χ2v) is 11.2. The monoisotopic (exact) mass is 598 g/mol. The smallest absolute Gasteiger partial charge is 0.255 e. The number of carbonyl (C=O) groups is 4. The number of phenolic OH excluding ortho intramolecular Hbond substituents is 1. The molecule has 3 atom stereocenters. The fourth-order valence-electron chi connectivity index (χ4n) is 5.69. The molecule has 1 fully saturated rings. The van der Waals surface area contributed by atoms with Gasteiger partial charge in [-0.3, -0.25) is 19.2 Å². The molecule has 0 aliphatic carbocycles. The van der Waals surface area contributed by atoms with Crippen molar-refractivity contribution >= 4 is 23.6 Å². The third-order valence-electron chi connectivity index (χ3n) is 8.03. The summed E-state index contributed by atoms with van der Waals surface area (Å²) in [4.78, 5) is 55.8. The SMILES string of the molecule is O=C1C[C@@H](C(=O)NCCCc2ccccc2)NC(=O)c2ccccc2OC[C@H]2CCCN2C(=O)[C@H](Cc2ccc(O)cc2)N1. The van der Waals surface area contributed by atoms with Gasteiger partial charge in [-0.1, -0.05) is 54.6 Å². The minimum Gasteiger partial charge on any atom is -0.508 e. The number of aromatic hydroxyl groups is 1. The van der Waals surface area contributed by atoms with Crippen LogP contribution in [0.5, 0.6) is 11.5 Å². The Morgan fingerprint density at radius 1 is 0.932 bits per heavy atom. The highest BCUT2D eigenvalue weighted by atomic mass is 16.5. The molecule has 10 heteroatoms. The van der Waals surface area contributed by atoms with Crippen LogP contribution >= 0.6 is 0 Å². The Morgan fingerprint density at radius 3 is 2.48 bits per heavy atom. The van der Waals surface area contributed by atoms with Crippen LogP contribution in [0.2, 0.25) is 0 Å². The summed E-state index contributed by atoms with van der Waals surface area (Å²) in [5.41, 5.74) is 2.14. The number of carbonyl (C=O) groups excluding carboxylic acids is 4. The summed E-state index contributed by atoms with van der Waals surface area (Å²) < 4.78 is 6.10. The predicted octanol–water partition coefficient (Wildman–Crippen LogP) is 2.74. The van der Waals surface area contributed by atoms with Gasteiger partial charge in [0, 0.05) is 19.5 Å². The average molecular weight is 599 g/mol. The molecule has 0 spiro atoms. The van der Waals surface area contributed by atoms with Gasteiger partial charge in [-0.2, -0.15) is 0 Å². The molecule has 3 aromatic rings. The van der Waals surface area contributed by atoms with Crippen LogP contribution in [0.1, 0.15) is 47.2 Å². The zero-order valence-electron chi connectivity index (χ0n) is 24.5. The van der Waals surface area contributed by atoms with Crippen LogP contribution in [0.15, 0.2) is 78.9 Å². The Labute approximate surface area is 256 Å². The fraction of sp³-hybridized carbons (Fsp3) is 0.353. The van der Waals surface area contributed by atoms with Crippen molar-refractivity contribution in [2.75, 3.05) is 19.7 Å². The zero-order chi connectivity index (χ0) is 30.9. The lowest BCUT2D eigenvalue weighted by Crippen LogP contribution is -2.54. The summed E-state index contributed by atoms with van der Waals surface area (Å²) in [5.74, 6) is -1.37. The topological polar surface area (TPSA) is 137 Å². The number of amides is 4. The Morgan fingerprint density at radius 2 is 1.68 bits per heavy atom. The first-order valence-electron chi connectivity index (χ1n) is 15.1. The number of hydrogen-bond donors (Lipinski definition) is 4. The largest absolute Gasteiger partial charge is 0.508 e. The van der Waals surface area contributed by atoms with Gasteiger partial charge in [0.05, 0.1) is 18.0 Å². The number of ether oxygens (including phenoxy) is 1. The minimum absolute atomic E-state index is 0.0977. The maximum absolute atomic E-state index is 13.9. The molecular formula is C34H38N4O6. The maximum Gasteiger partial charge on any atom is 0.255 e. The molecule has 10 nitrogen and oxygen atoms in total. The molecule has 5 rings (SSSR count). The van der Waals surface area contributed by atoms with E-state index in [9.17, 15) is 24.3 Å². The molecule has 0 aromatic heterocycles. The zero-order valence-corrected chi connectivity index (χ0v) is 24.5.